The van der Waals surface area contributed by atoms with Crippen molar-refractivity contribution in [2.75, 3.05) is 6.26 Å². The molecule has 0 unspecified atom stereocenters. The number of halogens is 2. The van der Waals surface area contributed by atoms with Gasteiger partial charge < -0.3 is 5.11 Å². The minimum absolute atomic E-state index is 0.00148. The number of carbonyl (C=O) groups is 1. The maximum Gasteiger partial charge on any atom is 0.244 e. The molecule has 0 aliphatic heterocycles. The highest BCUT2D eigenvalue weighted by Gasteiger charge is 2.08. The SMILES string of the molecule is CSc1ccc(Cl)cc1CC(=O)N/N=C\c1ccc(O)c(Cl)c1. The van der Waals surface area contributed by atoms with Crippen LogP contribution in [0.5, 0.6) is 5.75 Å². The van der Waals surface area contributed by atoms with E-state index in [0.29, 0.717) is 10.6 Å². The summed E-state index contributed by atoms with van der Waals surface area (Å²) in [6.45, 7) is 0. The number of hydrogen-bond donors (Lipinski definition) is 2. The molecule has 2 N–H and O–H groups in total. The molecule has 0 radical (unpaired) electrons. The van der Waals surface area contributed by atoms with Crippen molar-refractivity contribution in [2.24, 2.45) is 5.10 Å². The first-order valence-electron chi connectivity index (χ1n) is 6.62. The summed E-state index contributed by atoms with van der Waals surface area (Å²) in [5, 5.41) is 14.0. The number of phenolic OH excluding ortho intramolecular Hbond substituents is 1. The summed E-state index contributed by atoms with van der Waals surface area (Å²) in [6.07, 6.45) is 3.58. The lowest BCUT2D eigenvalue weighted by atomic mass is 10.1. The number of hydrogen-bond acceptors (Lipinski definition) is 4. The number of nitrogens with one attached hydrogen (secondary N) is 1. The Bertz CT molecular complexity index is 751. The molecule has 0 fully saturated rings. The summed E-state index contributed by atoms with van der Waals surface area (Å²) in [7, 11) is 0. The van der Waals surface area contributed by atoms with E-state index in [1.807, 2.05) is 12.3 Å². The zero-order valence-corrected chi connectivity index (χ0v) is 14.5. The van der Waals surface area contributed by atoms with E-state index in [0.717, 1.165) is 10.5 Å². The standard InChI is InChI=1S/C16H14Cl2N2O2S/c1-23-15-5-3-12(17)7-11(15)8-16(22)20-19-9-10-2-4-14(21)13(18)6-10/h2-7,9,21H,8H2,1H3,(H,20,22)/b19-9-. The Morgan fingerprint density at radius 3 is 2.78 bits per heavy atom. The molecule has 2 aromatic rings. The van der Waals surface area contributed by atoms with Gasteiger partial charge in [0.15, 0.2) is 0 Å². The molecule has 4 nitrogen and oxygen atoms in total. The summed E-state index contributed by atoms with van der Waals surface area (Å²) < 4.78 is 0. The van der Waals surface area contributed by atoms with Crippen LogP contribution in [0.2, 0.25) is 10.0 Å². The van der Waals surface area contributed by atoms with Gasteiger partial charge in [-0.3, -0.25) is 4.79 Å². The van der Waals surface area contributed by atoms with Gasteiger partial charge in [0.05, 0.1) is 17.7 Å². The van der Waals surface area contributed by atoms with Gasteiger partial charge in [-0.25, -0.2) is 5.43 Å². The van der Waals surface area contributed by atoms with E-state index in [-0.39, 0.29) is 23.1 Å². The van der Waals surface area contributed by atoms with Crippen molar-refractivity contribution < 1.29 is 9.90 Å². The largest absolute Gasteiger partial charge is 0.506 e. The van der Waals surface area contributed by atoms with Gasteiger partial charge in [0.2, 0.25) is 5.91 Å². The number of aromatic hydroxyl groups is 1. The fourth-order valence-corrected chi connectivity index (χ4v) is 2.86. The van der Waals surface area contributed by atoms with Crippen LogP contribution >= 0.6 is 35.0 Å². The Morgan fingerprint density at radius 1 is 1.30 bits per heavy atom. The van der Waals surface area contributed by atoms with Crippen LogP contribution in [-0.4, -0.2) is 23.5 Å². The Balaban J connectivity index is 1.98. The van der Waals surface area contributed by atoms with Gasteiger partial charge in [0.1, 0.15) is 5.75 Å². The number of rotatable bonds is 5. The van der Waals surface area contributed by atoms with Crippen LogP contribution in [0.3, 0.4) is 0 Å². The lowest BCUT2D eigenvalue weighted by Gasteiger charge is -2.07. The summed E-state index contributed by atoms with van der Waals surface area (Å²) in [6, 6.07) is 10.1. The predicted octanol–water partition coefficient (Wildman–Crippen LogP) is 4.11. The fraction of sp³-hybridized carbons (Fsp3) is 0.125. The monoisotopic (exact) mass is 368 g/mol. The summed E-state index contributed by atoms with van der Waals surface area (Å²) in [4.78, 5) is 13.0. The molecular weight excluding hydrogens is 355 g/mol. The molecule has 1 amide bonds. The van der Waals surface area contributed by atoms with Crippen LogP contribution in [0.15, 0.2) is 46.4 Å². The highest BCUT2D eigenvalue weighted by molar-refractivity contribution is 7.98. The Morgan fingerprint density at radius 2 is 2.09 bits per heavy atom. The molecule has 0 aliphatic rings. The Hall–Kier alpha value is -1.69. The predicted molar refractivity (Wildman–Crippen MR) is 95.8 cm³/mol. The summed E-state index contributed by atoms with van der Waals surface area (Å²) >= 11 is 13.3. The van der Waals surface area contributed by atoms with E-state index in [1.165, 1.54) is 12.3 Å². The van der Waals surface area contributed by atoms with Gasteiger partial charge in [0.25, 0.3) is 0 Å². The molecule has 0 heterocycles. The maximum atomic E-state index is 12.0. The average Bonchev–Trinajstić information content (AvgIpc) is 2.51. The van der Waals surface area contributed by atoms with Gasteiger partial charge in [0, 0.05) is 9.92 Å². The third-order valence-corrected chi connectivity index (χ3v) is 4.34. The van der Waals surface area contributed by atoms with Gasteiger partial charge in [-0.15, -0.1) is 11.8 Å². The topological polar surface area (TPSA) is 61.7 Å². The number of nitrogens with zero attached hydrogens (tertiary/aromatic N) is 1. The lowest BCUT2D eigenvalue weighted by molar-refractivity contribution is -0.120. The van der Waals surface area contributed by atoms with E-state index in [1.54, 1.807) is 36.0 Å². The second-order valence-electron chi connectivity index (χ2n) is 4.64. The van der Waals surface area contributed by atoms with Crippen LogP contribution < -0.4 is 5.43 Å². The van der Waals surface area contributed by atoms with E-state index in [9.17, 15) is 9.90 Å². The molecule has 7 heteroatoms. The van der Waals surface area contributed by atoms with Crippen LogP contribution in [0.25, 0.3) is 0 Å². The smallest absolute Gasteiger partial charge is 0.244 e. The van der Waals surface area contributed by atoms with E-state index in [4.69, 9.17) is 23.2 Å². The maximum absolute atomic E-state index is 12.0. The molecule has 0 saturated carbocycles. The molecule has 0 spiro atoms. The fourth-order valence-electron chi connectivity index (χ4n) is 1.88. The van der Waals surface area contributed by atoms with Gasteiger partial charge in [-0.1, -0.05) is 23.2 Å². The number of hydrazone groups is 1. The number of phenols is 1. The second-order valence-corrected chi connectivity index (χ2v) is 6.33. The zero-order chi connectivity index (χ0) is 16.8. The molecule has 0 saturated heterocycles. The molecule has 23 heavy (non-hydrogen) atoms. The van der Waals surface area contributed by atoms with Gasteiger partial charge in [-0.05, 0) is 53.8 Å². The number of carbonyl (C=O) groups excluding carboxylic acids is 1. The van der Waals surface area contributed by atoms with Crippen molar-refractivity contribution in [1.29, 1.82) is 0 Å². The molecule has 2 rings (SSSR count). The van der Waals surface area contributed by atoms with E-state index in [2.05, 4.69) is 10.5 Å². The van der Waals surface area contributed by atoms with Crippen molar-refractivity contribution in [2.45, 2.75) is 11.3 Å². The van der Waals surface area contributed by atoms with E-state index >= 15 is 0 Å². The minimum Gasteiger partial charge on any atom is -0.506 e. The molecule has 0 aromatic heterocycles. The highest BCUT2D eigenvalue weighted by atomic mass is 35.5. The molecule has 0 aliphatic carbocycles. The summed E-state index contributed by atoms with van der Waals surface area (Å²) in [5.41, 5.74) is 3.98. The average molecular weight is 369 g/mol. The third kappa shape index (κ3) is 5.16. The molecule has 2 aromatic carbocycles. The first-order chi connectivity index (χ1) is 11.0. The third-order valence-electron chi connectivity index (χ3n) is 2.97. The van der Waals surface area contributed by atoms with Crippen molar-refractivity contribution in [3.63, 3.8) is 0 Å². The Kier molecular flexibility index (Phi) is 6.33. The lowest BCUT2D eigenvalue weighted by Crippen LogP contribution is -2.20. The summed E-state index contributed by atoms with van der Waals surface area (Å²) in [5.74, 6) is -0.248. The quantitative estimate of drug-likeness (QED) is 0.474. The van der Waals surface area contributed by atoms with Crippen LogP contribution in [0, 0.1) is 0 Å². The van der Waals surface area contributed by atoms with Crippen LogP contribution in [0.4, 0.5) is 0 Å². The van der Waals surface area contributed by atoms with Crippen LogP contribution in [0.1, 0.15) is 11.1 Å². The number of thioether (sulfide) groups is 1. The highest BCUT2D eigenvalue weighted by Crippen LogP contribution is 2.24. The van der Waals surface area contributed by atoms with Crippen LogP contribution in [-0.2, 0) is 11.2 Å². The van der Waals surface area contributed by atoms with E-state index < -0.39 is 0 Å². The van der Waals surface area contributed by atoms with Crippen molar-refractivity contribution >= 4 is 47.1 Å². The van der Waals surface area contributed by atoms with Crippen molar-refractivity contribution in [3.05, 3.63) is 57.6 Å². The minimum atomic E-state index is -0.247. The Labute approximate surface area is 148 Å². The first kappa shape index (κ1) is 17.7. The molecule has 120 valence electrons. The van der Waals surface area contributed by atoms with Crippen molar-refractivity contribution in [3.8, 4) is 5.75 Å². The van der Waals surface area contributed by atoms with Crippen molar-refractivity contribution in [1.82, 2.24) is 5.43 Å². The first-order valence-corrected chi connectivity index (χ1v) is 8.60. The van der Waals surface area contributed by atoms with Gasteiger partial charge in [-0.2, -0.15) is 5.10 Å². The normalized spacial score (nSPS) is 10.9. The second kappa shape index (κ2) is 8.24. The molecular formula is C16H14Cl2N2O2S. The molecule has 0 atom stereocenters. The van der Waals surface area contributed by atoms with Gasteiger partial charge >= 0.3 is 0 Å². The number of amides is 1. The molecule has 0 bridgehead atoms. The zero-order valence-electron chi connectivity index (χ0n) is 12.2. The number of benzene rings is 2.